The third-order valence-electron chi connectivity index (χ3n) is 2.19. The van der Waals surface area contributed by atoms with Crippen LogP contribution in [0.3, 0.4) is 0 Å². The molecule has 2 amide bonds. The molecule has 0 aliphatic carbocycles. The van der Waals surface area contributed by atoms with Crippen LogP contribution in [-0.2, 0) is 15.6 Å². The summed E-state index contributed by atoms with van der Waals surface area (Å²) in [6.45, 7) is 3.95. The van der Waals surface area contributed by atoms with E-state index in [-0.39, 0.29) is 12.5 Å². The molecule has 0 fully saturated rings. The largest absolute Gasteiger partial charge is 0.481 e. The number of nitrogens with one attached hydrogen (secondary N) is 2. The molecule has 2 unspecified atom stereocenters. The summed E-state index contributed by atoms with van der Waals surface area (Å²) < 4.78 is 11.1. The molecule has 17 heavy (non-hydrogen) atoms. The lowest BCUT2D eigenvalue weighted by molar-refractivity contribution is -0.137. The van der Waals surface area contributed by atoms with Gasteiger partial charge in [-0.2, -0.15) is 0 Å². The molecule has 6 nitrogen and oxygen atoms in total. The topological polar surface area (TPSA) is 95.5 Å². The Labute approximate surface area is 104 Å². The van der Waals surface area contributed by atoms with Gasteiger partial charge in [0.25, 0.3) is 0 Å². The number of urea groups is 1. The Balaban J connectivity index is 3.83. The zero-order valence-electron chi connectivity index (χ0n) is 10.2. The average Bonchev–Trinajstić information content (AvgIpc) is 2.27. The summed E-state index contributed by atoms with van der Waals surface area (Å²) in [5, 5.41) is 13.7. The summed E-state index contributed by atoms with van der Waals surface area (Å²) >= 11 is 0. The van der Waals surface area contributed by atoms with E-state index in [1.807, 2.05) is 6.92 Å². The van der Waals surface area contributed by atoms with Crippen LogP contribution >= 0.6 is 0 Å². The molecule has 0 aromatic carbocycles. The van der Waals surface area contributed by atoms with E-state index in [1.54, 1.807) is 6.92 Å². The van der Waals surface area contributed by atoms with Crippen LogP contribution in [0.5, 0.6) is 0 Å². The van der Waals surface area contributed by atoms with Gasteiger partial charge in [-0.15, -0.1) is 0 Å². The first-order chi connectivity index (χ1) is 7.99. The van der Waals surface area contributed by atoms with Gasteiger partial charge in [0.2, 0.25) is 0 Å². The molecule has 0 heterocycles. The van der Waals surface area contributed by atoms with Gasteiger partial charge in [0, 0.05) is 34.9 Å². The molecular weight excluding hydrogens is 244 g/mol. The van der Waals surface area contributed by atoms with Gasteiger partial charge in [-0.05, 0) is 6.42 Å². The maximum Gasteiger partial charge on any atom is 0.315 e. The van der Waals surface area contributed by atoms with Crippen molar-refractivity contribution in [1.29, 1.82) is 0 Å². The number of carbonyl (C=O) groups excluding carboxylic acids is 1. The second-order valence-electron chi connectivity index (χ2n) is 3.54. The molecule has 0 aromatic rings. The number of carboxylic acid groups (broad SMARTS) is 1. The summed E-state index contributed by atoms with van der Waals surface area (Å²) in [7, 11) is -0.904. The highest BCUT2D eigenvalue weighted by molar-refractivity contribution is 7.84. The van der Waals surface area contributed by atoms with E-state index >= 15 is 0 Å². The highest BCUT2D eigenvalue weighted by Crippen LogP contribution is 1.96. The molecular formula is C10H20N2O4S. The van der Waals surface area contributed by atoms with Crippen molar-refractivity contribution in [2.45, 2.75) is 32.7 Å². The van der Waals surface area contributed by atoms with Crippen LogP contribution in [0.4, 0.5) is 4.79 Å². The molecule has 100 valence electrons. The number of amides is 2. The first-order valence-electron chi connectivity index (χ1n) is 5.60. The van der Waals surface area contributed by atoms with Gasteiger partial charge in [0.15, 0.2) is 0 Å². The Hall–Kier alpha value is -1.11. The van der Waals surface area contributed by atoms with Crippen molar-refractivity contribution in [3.8, 4) is 0 Å². The van der Waals surface area contributed by atoms with Crippen molar-refractivity contribution in [3.05, 3.63) is 0 Å². The standard InChI is InChI=1S/C10H20N2O4S/c1-3-8(7-9(13)14)12-10(15)11-5-6-17(16)4-2/h8H,3-7H2,1-2H3,(H,13,14)(H2,11,12,15). The third kappa shape index (κ3) is 8.67. The maximum absolute atomic E-state index is 11.3. The zero-order valence-corrected chi connectivity index (χ0v) is 11.0. The van der Waals surface area contributed by atoms with Crippen LogP contribution in [-0.4, -0.2) is 45.4 Å². The van der Waals surface area contributed by atoms with Gasteiger partial charge in [-0.3, -0.25) is 9.00 Å². The van der Waals surface area contributed by atoms with E-state index in [2.05, 4.69) is 10.6 Å². The van der Waals surface area contributed by atoms with Gasteiger partial charge < -0.3 is 15.7 Å². The second kappa shape index (κ2) is 8.98. The zero-order chi connectivity index (χ0) is 13.3. The Kier molecular flexibility index (Phi) is 8.39. The molecule has 0 saturated heterocycles. The number of hydrogen-bond acceptors (Lipinski definition) is 3. The molecule has 2 atom stereocenters. The lowest BCUT2D eigenvalue weighted by Gasteiger charge is -2.15. The van der Waals surface area contributed by atoms with E-state index in [0.717, 1.165) is 0 Å². The van der Waals surface area contributed by atoms with E-state index in [1.165, 1.54) is 0 Å². The van der Waals surface area contributed by atoms with E-state index in [0.29, 0.717) is 24.5 Å². The van der Waals surface area contributed by atoms with Crippen LogP contribution in [0.25, 0.3) is 0 Å². The van der Waals surface area contributed by atoms with Crippen molar-refractivity contribution in [3.63, 3.8) is 0 Å². The van der Waals surface area contributed by atoms with Crippen LogP contribution in [0, 0.1) is 0 Å². The minimum absolute atomic E-state index is 0.0924. The monoisotopic (exact) mass is 264 g/mol. The quantitative estimate of drug-likeness (QED) is 0.588. The van der Waals surface area contributed by atoms with Gasteiger partial charge in [0.1, 0.15) is 0 Å². The first kappa shape index (κ1) is 15.9. The average molecular weight is 264 g/mol. The number of carbonyl (C=O) groups is 2. The van der Waals surface area contributed by atoms with Crippen molar-refractivity contribution in [2.75, 3.05) is 18.1 Å². The molecule has 0 bridgehead atoms. The molecule has 3 N–H and O–H groups in total. The Morgan fingerprint density at radius 3 is 2.47 bits per heavy atom. The molecule has 0 aliphatic rings. The molecule has 0 rings (SSSR count). The smallest absolute Gasteiger partial charge is 0.315 e. The Morgan fingerprint density at radius 1 is 1.35 bits per heavy atom. The fraction of sp³-hybridized carbons (Fsp3) is 0.800. The normalized spacial score (nSPS) is 13.8. The van der Waals surface area contributed by atoms with Crippen LogP contribution in [0.15, 0.2) is 0 Å². The SMILES string of the molecule is CCC(CC(=O)O)NC(=O)NCCS(=O)CC. The lowest BCUT2D eigenvalue weighted by atomic mass is 10.1. The van der Waals surface area contributed by atoms with Crippen molar-refractivity contribution < 1.29 is 18.9 Å². The summed E-state index contributed by atoms with van der Waals surface area (Å²) in [5.41, 5.74) is 0. The number of aliphatic carboxylic acids is 1. The second-order valence-corrected chi connectivity index (χ2v) is 5.40. The maximum atomic E-state index is 11.3. The molecule has 0 saturated carbocycles. The van der Waals surface area contributed by atoms with Gasteiger partial charge in [-0.1, -0.05) is 13.8 Å². The summed E-state index contributed by atoms with van der Waals surface area (Å²) in [6.07, 6.45) is 0.464. The number of rotatable bonds is 8. The summed E-state index contributed by atoms with van der Waals surface area (Å²) in [4.78, 5) is 21.8. The van der Waals surface area contributed by atoms with Crippen LogP contribution in [0.1, 0.15) is 26.7 Å². The van der Waals surface area contributed by atoms with E-state index in [9.17, 15) is 13.8 Å². The van der Waals surface area contributed by atoms with Gasteiger partial charge >= 0.3 is 12.0 Å². The van der Waals surface area contributed by atoms with Gasteiger partial charge in [0.05, 0.1) is 6.42 Å². The summed E-state index contributed by atoms with van der Waals surface area (Å²) in [5.74, 6) is 0.0451. The minimum atomic E-state index is -0.941. The summed E-state index contributed by atoms with van der Waals surface area (Å²) in [6, 6.07) is -0.782. The van der Waals surface area contributed by atoms with E-state index < -0.39 is 22.8 Å². The molecule has 0 radical (unpaired) electrons. The Bertz CT molecular complexity index is 283. The Morgan fingerprint density at radius 2 is 2.00 bits per heavy atom. The molecule has 0 aliphatic heterocycles. The van der Waals surface area contributed by atoms with Crippen LogP contribution in [0.2, 0.25) is 0 Å². The van der Waals surface area contributed by atoms with Crippen molar-refractivity contribution in [2.24, 2.45) is 0 Å². The minimum Gasteiger partial charge on any atom is -0.481 e. The predicted octanol–water partition coefficient (Wildman–Crippen LogP) is 0.308. The molecule has 7 heteroatoms. The predicted molar refractivity (Wildman–Crippen MR) is 66.4 cm³/mol. The lowest BCUT2D eigenvalue weighted by Crippen LogP contribution is -2.43. The number of carboxylic acids is 1. The van der Waals surface area contributed by atoms with Gasteiger partial charge in [-0.25, -0.2) is 4.79 Å². The fourth-order valence-electron chi connectivity index (χ4n) is 1.17. The van der Waals surface area contributed by atoms with Crippen molar-refractivity contribution >= 4 is 22.8 Å². The van der Waals surface area contributed by atoms with E-state index in [4.69, 9.17) is 5.11 Å². The third-order valence-corrected chi connectivity index (χ3v) is 3.49. The first-order valence-corrected chi connectivity index (χ1v) is 7.09. The number of hydrogen-bond donors (Lipinski definition) is 3. The molecule has 0 aromatic heterocycles. The molecule has 0 spiro atoms. The fourth-order valence-corrected chi connectivity index (χ4v) is 1.79. The van der Waals surface area contributed by atoms with Crippen LogP contribution < -0.4 is 10.6 Å². The van der Waals surface area contributed by atoms with Crippen molar-refractivity contribution in [1.82, 2.24) is 10.6 Å². The highest BCUT2D eigenvalue weighted by atomic mass is 32.2. The highest BCUT2D eigenvalue weighted by Gasteiger charge is 2.13.